The molecule has 0 fully saturated rings. The minimum absolute atomic E-state index is 0.387. The zero-order valence-corrected chi connectivity index (χ0v) is 15.9. The summed E-state index contributed by atoms with van der Waals surface area (Å²) in [6, 6.07) is 13.4. The molecule has 2 aromatic carbocycles. The highest BCUT2D eigenvalue weighted by molar-refractivity contribution is 7.80. The van der Waals surface area contributed by atoms with Gasteiger partial charge in [0, 0.05) is 5.02 Å². The monoisotopic (exact) mass is 387 g/mol. The molecule has 6 nitrogen and oxygen atoms in total. The highest BCUT2D eigenvalue weighted by Crippen LogP contribution is 2.25. The second-order valence-electron chi connectivity index (χ2n) is 5.68. The maximum atomic E-state index is 5.90. The molecule has 0 aliphatic carbocycles. The van der Waals surface area contributed by atoms with Gasteiger partial charge in [0.1, 0.15) is 12.1 Å². The van der Waals surface area contributed by atoms with Gasteiger partial charge in [-0.2, -0.15) is 0 Å². The van der Waals surface area contributed by atoms with Crippen LogP contribution in [0.3, 0.4) is 0 Å². The van der Waals surface area contributed by atoms with E-state index in [-0.39, 0.29) is 0 Å². The standard InChI is InChI=1S/C18H18ClN5OS/c1-12-3-8-16(25-2)15(9-12)21-18(26)22-17-20-11-24(23-17)10-13-4-6-14(19)7-5-13/h3-9,11H,10H2,1-2H3,(H2,21,22,23,26). The first kappa shape index (κ1) is 18.2. The van der Waals surface area contributed by atoms with Crippen molar-refractivity contribution in [2.24, 2.45) is 0 Å². The van der Waals surface area contributed by atoms with Gasteiger partial charge in [-0.05, 0) is 54.5 Å². The molecule has 0 aliphatic rings. The SMILES string of the molecule is COc1ccc(C)cc1NC(=S)Nc1ncn(Cc2ccc(Cl)cc2)n1. The Hall–Kier alpha value is -2.64. The number of hydrogen-bond acceptors (Lipinski definition) is 4. The second kappa shape index (κ2) is 8.16. The summed E-state index contributed by atoms with van der Waals surface area (Å²) in [4.78, 5) is 4.23. The number of nitrogens with one attached hydrogen (secondary N) is 2. The van der Waals surface area contributed by atoms with E-state index in [0.29, 0.717) is 28.4 Å². The summed E-state index contributed by atoms with van der Waals surface area (Å²) in [6.45, 7) is 2.60. The van der Waals surface area contributed by atoms with Gasteiger partial charge in [-0.25, -0.2) is 9.67 Å². The first-order valence-electron chi connectivity index (χ1n) is 7.90. The molecule has 8 heteroatoms. The van der Waals surface area contributed by atoms with Gasteiger partial charge in [0.05, 0.1) is 19.3 Å². The summed E-state index contributed by atoms with van der Waals surface area (Å²) in [5.74, 6) is 1.13. The Morgan fingerprint density at radius 3 is 2.69 bits per heavy atom. The average molecular weight is 388 g/mol. The van der Waals surface area contributed by atoms with E-state index in [0.717, 1.165) is 16.8 Å². The van der Waals surface area contributed by atoms with Gasteiger partial charge in [-0.15, -0.1) is 5.10 Å². The predicted molar refractivity (Wildman–Crippen MR) is 108 cm³/mol. The number of anilines is 2. The number of methoxy groups -OCH3 is 1. The van der Waals surface area contributed by atoms with E-state index in [1.54, 1.807) is 18.1 Å². The minimum atomic E-state index is 0.387. The first-order chi connectivity index (χ1) is 12.5. The highest BCUT2D eigenvalue weighted by Gasteiger charge is 2.08. The van der Waals surface area contributed by atoms with Crippen LogP contribution < -0.4 is 15.4 Å². The van der Waals surface area contributed by atoms with E-state index >= 15 is 0 Å². The largest absolute Gasteiger partial charge is 0.495 e. The Morgan fingerprint density at radius 1 is 1.19 bits per heavy atom. The highest BCUT2D eigenvalue weighted by atomic mass is 35.5. The maximum absolute atomic E-state index is 5.90. The number of aromatic nitrogens is 3. The molecular formula is C18H18ClN5OS. The molecule has 0 unspecified atom stereocenters. The lowest BCUT2D eigenvalue weighted by molar-refractivity contribution is 0.417. The van der Waals surface area contributed by atoms with Crippen LogP contribution in [0.1, 0.15) is 11.1 Å². The third-order valence-corrected chi connectivity index (χ3v) is 4.08. The van der Waals surface area contributed by atoms with Crippen LogP contribution in [0.5, 0.6) is 5.75 Å². The summed E-state index contributed by atoms with van der Waals surface area (Å²) < 4.78 is 7.06. The normalized spacial score (nSPS) is 10.4. The fourth-order valence-electron chi connectivity index (χ4n) is 2.38. The summed E-state index contributed by atoms with van der Waals surface area (Å²) in [6.07, 6.45) is 1.65. The quantitative estimate of drug-likeness (QED) is 0.642. The molecule has 3 rings (SSSR count). The van der Waals surface area contributed by atoms with Crippen LogP contribution >= 0.6 is 23.8 Å². The molecule has 0 bridgehead atoms. The molecule has 2 N–H and O–H groups in total. The van der Waals surface area contributed by atoms with E-state index in [9.17, 15) is 0 Å². The van der Waals surface area contributed by atoms with Crippen molar-refractivity contribution in [1.82, 2.24) is 14.8 Å². The molecule has 0 aliphatic heterocycles. The van der Waals surface area contributed by atoms with Gasteiger partial charge in [0.15, 0.2) is 5.11 Å². The van der Waals surface area contributed by atoms with Gasteiger partial charge < -0.3 is 10.1 Å². The van der Waals surface area contributed by atoms with Gasteiger partial charge in [0.25, 0.3) is 0 Å². The molecule has 134 valence electrons. The Balaban J connectivity index is 1.62. The number of rotatable bonds is 5. The number of nitrogens with zero attached hydrogens (tertiary/aromatic N) is 3. The number of ether oxygens (including phenoxy) is 1. The van der Waals surface area contributed by atoms with Crippen molar-refractivity contribution in [3.05, 3.63) is 64.9 Å². The van der Waals surface area contributed by atoms with Crippen molar-refractivity contribution in [3.8, 4) is 5.75 Å². The fourth-order valence-corrected chi connectivity index (χ4v) is 2.71. The molecule has 0 amide bonds. The number of aryl methyl sites for hydroxylation is 1. The summed E-state index contributed by atoms with van der Waals surface area (Å²) >= 11 is 11.2. The smallest absolute Gasteiger partial charge is 0.248 e. The van der Waals surface area contributed by atoms with Crippen molar-refractivity contribution in [1.29, 1.82) is 0 Å². The molecule has 3 aromatic rings. The van der Waals surface area contributed by atoms with Crippen molar-refractivity contribution in [2.45, 2.75) is 13.5 Å². The van der Waals surface area contributed by atoms with Crippen LogP contribution in [-0.4, -0.2) is 27.0 Å². The average Bonchev–Trinajstić information content (AvgIpc) is 3.04. The molecule has 0 atom stereocenters. The van der Waals surface area contributed by atoms with Crippen LogP contribution in [0.15, 0.2) is 48.8 Å². The van der Waals surface area contributed by atoms with Gasteiger partial charge in [-0.1, -0.05) is 29.8 Å². The Labute approximate surface area is 162 Å². The van der Waals surface area contributed by atoms with Crippen LogP contribution in [-0.2, 0) is 6.54 Å². The molecule has 1 aromatic heterocycles. The number of thiocarbonyl (C=S) groups is 1. The summed E-state index contributed by atoms with van der Waals surface area (Å²) in [5.41, 5.74) is 2.96. The van der Waals surface area contributed by atoms with E-state index < -0.39 is 0 Å². The first-order valence-corrected chi connectivity index (χ1v) is 8.68. The minimum Gasteiger partial charge on any atom is -0.495 e. The molecule has 0 radical (unpaired) electrons. The van der Waals surface area contributed by atoms with Crippen LogP contribution in [0, 0.1) is 6.92 Å². The Kier molecular flexibility index (Phi) is 5.70. The summed E-state index contributed by atoms with van der Waals surface area (Å²) in [7, 11) is 1.62. The van der Waals surface area contributed by atoms with Crippen LogP contribution in [0.25, 0.3) is 0 Å². The van der Waals surface area contributed by atoms with Crippen molar-refractivity contribution < 1.29 is 4.74 Å². The van der Waals surface area contributed by atoms with Gasteiger partial charge >= 0.3 is 0 Å². The second-order valence-corrected chi connectivity index (χ2v) is 6.52. The third-order valence-electron chi connectivity index (χ3n) is 3.62. The molecule has 0 saturated carbocycles. The van der Waals surface area contributed by atoms with Crippen LogP contribution in [0.2, 0.25) is 5.02 Å². The van der Waals surface area contributed by atoms with Crippen LogP contribution in [0.4, 0.5) is 11.6 Å². The summed E-state index contributed by atoms with van der Waals surface area (Å²) in [5, 5.41) is 11.6. The lowest BCUT2D eigenvalue weighted by Gasteiger charge is -2.12. The van der Waals surface area contributed by atoms with Gasteiger partial charge in [0.2, 0.25) is 5.95 Å². The lowest BCUT2D eigenvalue weighted by atomic mass is 10.2. The Bertz CT molecular complexity index is 910. The predicted octanol–water partition coefficient (Wildman–Crippen LogP) is 4.11. The molecule has 26 heavy (non-hydrogen) atoms. The topological polar surface area (TPSA) is 64.0 Å². The Morgan fingerprint density at radius 2 is 1.96 bits per heavy atom. The van der Waals surface area contributed by atoms with Crippen molar-refractivity contribution in [3.63, 3.8) is 0 Å². The number of halogens is 1. The van der Waals surface area contributed by atoms with Gasteiger partial charge in [-0.3, -0.25) is 5.32 Å². The number of hydrogen-bond donors (Lipinski definition) is 2. The van der Waals surface area contributed by atoms with E-state index in [1.807, 2.05) is 49.4 Å². The van der Waals surface area contributed by atoms with E-state index in [1.165, 1.54) is 0 Å². The molecule has 1 heterocycles. The molecular weight excluding hydrogens is 370 g/mol. The number of benzene rings is 2. The zero-order valence-electron chi connectivity index (χ0n) is 14.4. The lowest BCUT2D eigenvalue weighted by Crippen LogP contribution is -2.20. The van der Waals surface area contributed by atoms with E-state index in [4.69, 9.17) is 28.6 Å². The fraction of sp³-hybridized carbons (Fsp3) is 0.167. The molecule has 0 saturated heterocycles. The molecule has 0 spiro atoms. The maximum Gasteiger partial charge on any atom is 0.248 e. The van der Waals surface area contributed by atoms with Crippen molar-refractivity contribution in [2.75, 3.05) is 17.7 Å². The van der Waals surface area contributed by atoms with E-state index in [2.05, 4.69) is 20.7 Å². The van der Waals surface area contributed by atoms with Crippen molar-refractivity contribution >= 4 is 40.6 Å². The zero-order chi connectivity index (χ0) is 18.5. The third kappa shape index (κ3) is 4.71.